The van der Waals surface area contributed by atoms with Crippen LogP contribution in [0.25, 0.3) is 0 Å². The predicted octanol–water partition coefficient (Wildman–Crippen LogP) is 6.47. The molecule has 35 heavy (non-hydrogen) atoms. The number of carbonyl (C=O) groups is 1. The number of thiophene rings is 1. The summed E-state index contributed by atoms with van der Waals surface area (Å²) in [5.41, 5.74) is 4.19. The van der Waals surface area contributed by atoms with Gasteiger partial charge in [-0.15, -0.1) is 11.3 Å². The topological polar surface area (TPSA) is 63.7 Å². The Hall–Kier alpha value is -2.48. The fourth-order valence-corrected chi connectivity index (χ4v) is 7.55. The lowest BCUT2D eigenvalue weighted by Gasteiger charge is -2.24. The molecular formula is C28H33NO4S2. The van der Waals surface area contributed by atoms with Gasteiger partial charge in [0.2, 0.25) is 10.0 Å². The predicted molar refractivity (Wildman–Crippen MR) is 141 cm³/mol. The highest BCUT2D eigenvalue weighted by Crippen LogP contribution is 2.37. The lowest BCUT2D eigenvalue weighted by atomic mass is 9.91. The number of fused-ring (bicyclic) bond motifs is 1. The van der Waals surface area contributed by atoms with Gasteiger partial charge in [-0.05, 0) is 74.1 Å². The summed E-state index contributed by atoms with van der Waals surface area (Å²) in [4.78, 5) is 14.2. The summed E-state index contributed by atoms with van der Waals surface area (Å²) in [6.07, 6.45) is 1.40. The molecule has 0 N–H and O–H groups in total. The standard InChI is InChI=1S/C28H33NO4S2/c1-6-23-17-29(35(31,32)27-11-9-8-10-25(27)33-23)16-22-15-21(13-12-18(22)3)24(7-2)26-14-19(4)28(34-26)20(5)30/h8-15,23-24H,6-7,16-17H2,1-5H3/t23-,24?/m1/s1. The van der Waals surface area contributed by atoms with Crippen LogP contribution in [-0.4, -0.2) is 31.2 Å². The van der Waals surface area contributed by atoms with Crippen molar-refractivity contribution in [2.45, 2.75) is 70.9 Å². The van der Waals surface area contributed by atoms with Crippen LogP contribution in [0, 0.1) is 13.8 Å². The second-order valence-corrected chi connectivity index (χ2v) is 12.2. The number of ether oxygens (including phenoxy) is 1. The minimum absolute atomic E-state index is 0.0950. The summed E-state index contributed by atoms with van der Waals surface area (Å²) >= 11 is 1.57. The van der Waals surface area contributed by atoms with Gasteiger partial charge in [-0.25, -0.2) is 8.42 Å². The van der Waals surface area contributed by atoms with Gasteiger partial charge in [0, 0.05) is 17.3 Å². The average Bonchev–Trinajstić information content (AvgIpc) is 3.17. The maximum Gasteiger partial charge on any atom is 0.247 e. The number of nitrogens with zero attached hydrogens (tertiary/aromatic N) is 1. The van der Waals surface area contributed by atoms with Crippen LogP contribution >= 0.6 is 11.3 Å². The molecule has 1 unspecified atom stereocenters. The minimum Gasteiger partial charge on any atom is -0.488 e. The number of benzene rings is 2. The zero-order valence-electron chi connectivity index (χ0n) is 21.0. The zero-order chi connectivity index (χ0) is 25.3. The van der Waals surface area contributed by atoms with E-state index in [0.29, 0.717) is 18.7 Å². The molecule has 2 heterocycles. The van der Waals surface area contributed by atoms with E-state index in [1.54, 1.807) is 46.8 Å². The molecule has 0 amide bonds. The number of aryl methyl sites for hydroxylation is 2. The second-order valence-electron chi connectivity index (χ2n) is 9.26. The zero-order valence-corrected chi connectivity index (χ0v) is 22.6. The molecule has 2 aromatic carbocycles. The van der Waals surface area contributed by atoms with Gasteiger partial charge in [0.25, 0.3) is 0 Å². The first-order valence-electron chi connectivity index (χ1n) is 12.1. The highest BCUT2D eigenvalue weighted by Gasteiger charge is 2.34. The lowest BCUT2D eigenvalue weighted by molar-refractivity contribution is 0.102. The third-order valence-corrected chi connectivity index (χ3v) is 10.1. The number of para-hydroxylation sites is 1. The summed E-state index contributed by atoms with van der Waals surface area (Å²) in [6.45, 7) is 10.4. The number of hydrogen-bond acceptors (Lipinski definition) is 5. The van der Waals surface area contributed by atoms with Gasteiger partial charge < -0.3 is 4.74 Å². The molecule has 7 heteroatoms. The van der Waals surface area contributed by atoms with Gasteiger partial charge in [0.15, 0.2) is 5.78 Å². The van der Waals surface area contributed by atoms with E-state index in [0.717, 1.165) is 33.6 Å². The Labute approximate surface area is 212 Å². The maximum atomic E-state index is 13.6. The molecule has 1 aromatic heterocycles. The fourth-order valence-electron chi connectivity index (χ4n) is 4.70. The van der Waals surface area contributed by atoms with Crippen molar-refractivity contribution in [3.63, 3.8) is 0 Å². The van der Waals surface area contributed by atoms with E-state index in [4.69, 9.17) is 4.74 Å². The molecule has 1 aliphatic heterocycles. The van der Waals surface area contributed by atoms with Crippen LogP contribution in [-0.2, 0) is 16.6 Å². The van der Waals surface area contributed by atoms with Crippen molar-refractivity contribution >= 4 is 27.1 Å². The van der Waals surface area contributed by atoms with Crippen molar-refractivity contribution < 1.29 is 17.9 Å². The van der Waals surface area contributed by atoms with Crippen molar-refractivity contribution in [1.82, 2.24) is 4.31 Å². The smallest absolute Gasteiger partial charge is 0.247 e. The first-order valence-corrected chi connectivity index (χ1v) is 14.4. The summed E-state index contributed by atoms with van der Waals surface area (Å²) < 4.78 is 34.9. The highest BCUT2D eigenvalue weighted by molar-refractivity contribution is 7.89. The Morgan fingerprint density at radius 2 is 1.86 bits per heavy atom. The summed E-state index contributed by atoms with van der Waals surface area (Å²) in [5, 5.41) is 0. The van der Waals surface area contributed by atoms with Crippen LogP contribution in [0.2, 0.25) is 0 Å². The average molecular weight is 512 g/mol. The van der Waals surface area contributed by atoms with Gasteiger partial charge in [0.1, 0.15) is 16.7 Å². The molecule has 0 saturated carbocycles. The van der Waals surface area contributed by atoms with E-state index in [1.807, 2.05) is 20.8 Å². The molecule has 5 nitrogen and oxygen atoms in total. The van der Waals surface area contributed by atoms with E-state index < -0.39 is 10.0 Å². The molecule has 0 fully saturated rings. The lowest BCUT2D eigenvalue weighted by Crippen LogP contribution is -2.36. The van der Waals surface area contributed by atoms with Crippen molar-refractivity contribution in [3.05, 3.63) is 80.5 Å². The molecule has 186 valence electrons. The third-order valence-electron chi connectivity index (χ3n) is 6.75. The van der Waals surface area contributed by atoms with Crippen LogP contribution in [0.3, 0.4) is 0 Å². The highest BCUT2D eigenvalue weighted by atomic mass is 32.2. The normalized spacial score (nSPS) is 18.4. The van der Waals surface area contributed by atoms with Crippen LogP contribution in [0.1, 0.15) is 76.3 Å². The quantitative estimate of drug-likeness (QED) is 0.341. The number of hydrogen-bond donors (Lipinski definition) is 0. The summed E-state index contributed by atoms with van der Waals surface area (Å²) in [5.74, 6) is 0.671. The van der Waals surface area contributed by atoms with E-state index >= 15 is 0 Å². The van der Waals surface area contributed by atoms with Gasteiger partial charge in [-0.1, -0.05) is 44.2 Å². The van der Waals surface area contributed by atoms with Gasteiger partial charge in [-0.3, -0.25) is 4.79 Å². The molecule has 0 radical (unpaired) electrons. The monoisotopic (exact) mass is 511 g/mol. The van der Waals surface area contributed by atoms with E-state index in [9.17, 15) is 13.2 Å². The van der Waals surface area contributed by atoms with E-state index in [1.165, 1.54) is 4.88 Å². The van der Waals surface area contributed by atoms with Crippen molar-refractivity contribution in [1.29, 1.82) is 0 Å². The van der Waals surface area contributed by atoms with Crippen LogP contribution < -0.4 is 4.74 Å². The van der Waals surface area contributed by atoms with Gasteiger partial charge >= 0.3 is 0 Å². The van der Waals surface area contributed by atoms with Gasteiger partial charge in [0.05, 0.1) is 11.4 Å². The molecular weight excluding hydrogens is 478 g/mol. The Morgan fingerprint density at radius 3 is 2.51 bits per heavy atom. The maximum absolute atomic E-state index is 13.6. The SMILES string of the molecule is CCC(c1ccc(C)c(CN2C[C@@H](CC)Oc3ccccc3S2(=O)=O)c1)c1cc(C)c(C(C)=O)s1. The molecule has 1 aliphatic rings. The van der Waals surface area contributed by atoms with Crippen molar-refractivity contribution in [2.24, 2.45) is 0 Å². The van der Waals surface area contributed by atoms with Crippen LogP contribution in [0.15, 0.2) is 53.4 Å². The Morgan fingerprint density at radius 1 is 1.11 bits per heavy atom. The molecule has 0 aliphatic carbocycles. The van der Waals surface area contributed by atoms with Gasteiger partial charge in [-0.2, -0.15) is 4.31 Å². The first-order chi connectivity index (χ1) is 16.6. The molecule has 2 atom stereocenters. The Kier molecular flexibility index (Phi) is 7.50. The Balaban J connectivity index is 1.71. The first kappa shape index (κ1) is 25.6. The third kappa shape index (κ3) is 5.08. The largest absolute Gasteiger partial charge is 0.488 e. The van der Waals surface area contributed by atoms with E-state index in [2.05, 4.69) is 31.2 Å². The van der Waals surface area contributed by atoms with Crippen molar-refractivity contribution in [2.75, 3.05) is 6.54 Å². The van der Waals surface area contributed by atoms with Crippen molar-refractivity contribution in [3.8, 4) is 5.75 Å². The molecule has 0 saturated heterocycles. The number of rotatable bonds is 7. The molecule has 3 aromatic rings. The molecule has 0 bridgehead atoms. The Bertz CT molecular complexity index is 1340. The van der Waals surface area contributed by atoms with E-state index in [-0.39, 0.29) is 29.2 Å². The van der Waals surface area contributed by atoms with Crippen LogP contribution in [0.5, 0.6) is 5.75 Å². The molecule has 4 rings (SSSR count). The number of Topliss-reactive ketones (excluding diaryl/α,β-unsaturated/α-hetero) is 1. The molecule has 0 spiro atoms. The minimum atomic E-state index is -3.71. The van der Waals surface area contributed by atoms with Crippen LogP contribution in [0.4, 0.5) is 0 Å². The fraction of sp³-hybridized carbons (Fsp3) is 0.393. The number of carbonyl (C=O) groups excluding carboxylic acids is 1. The second kappa shape index (κ2) is 10.2. The number of sulfonamides is 1. The summed E-state index contributed by atoms with van der Waals surface area (Å²) in [7, 11) is -3.71. The number of ketones is 1. The summed E-state index contributed by atoms with van der Waals surface area (Å²) in [6, 6.07) is 15.4.